The first-order valence-electron chi connectivity index (χ1n) is 6.61. The lowest BCUT2D eigenvalue weighted by Gasteiger charge is -2.24. The van der Waals surface area contributed by atoms with Crippen LogP contribution in [0.15, 0.2) is 12.1 Å². The Labute approximate surface area is 116 Å². The molecule has 1 unspecified atom stereocenters. The fourth-order valence-corrected chi connectivity index (χ4v) is 2.36. The molecule has 0 aliphatic heterocycles. The van der Waals surface area contributed by atoms with E-state index in [4.69, 9.17) is 5.73 Å². The van der Waals surface area contributed by atoms with Gasteiger partial charge in [0.25, 0.3) is 0 Å². The van der Waals surface area contributed by atoms with E-state index in [0.717, 1.165) is 16.7 Å². The van der Waals surface area contributed by atoms with E-state index in [-0.39, 0.29) is 23.8 Å². The molecule has 19 heavy (non-hydrogen) atoms. The Hall–Kier alpha value is -1.35. The number of rotatable bonds is 3. The monoisotopic (exact) mass is 263 g/mol. The zero-order chi connectivity index (χ0) is 14.8. The van der Waals surface area contributed by atoms with E-state index < -0.39 is 0 Å². The Morgan fingerprint density at radius 1 is 1.26 bits per heavy atom. The zero-order valence-electron chi connectivity index (χ0n) is 12.8. The van der Waals surface area contributed by atoms with Crippen LogP contribution >= 0.6 is 0 Å². The summed E-state index contributed by atoms with van der Waals surface area (Å²) in [5, 5.41) is 0. The van der Waals surface area contributed by atoms with Gasteiger partial charge in [-0.15, -0.1) is 0 Å². The molecular weight excluding hydrogens is 238 g/mol. The van der Waals surface area contributed by atoms with Crippen molar-refractivity contribution < 1.29 is 9.53 Å². The van der Waals surface area contributed by atoms with Gasteiger partial charge in [0.2, 0.25) is 0 Å². The molecule has 0 spiro atoms. The second-order valence-electron chi connectivity index (χ2n) is 6.16. The molecule has 1 aromatic carbocycles. The Morgan fingerprint density at radius 3 is 2.11 bits per heavy atom. The first kappa shape index (κ1) is 15.7. The van der Waals surface area contributed by atoms with Crippen LogP contribution < -0.4 is 5.73 Å². The molecule has 0 aromatic heterocycles. The third-order valence-electron chi connectivity index (χ3n) is 3.44. The lowest BCUT2D eigenvalue weighted by molar-refractivity contribution is -0.141. The molecule has 3 heteroatoms. The average Bonchev–Trinajstić information content (AvgIpc) is 2.26. The van der Waals surface area contributed by atoms with Crippen LogP contribution in [-0.4, -0.2) is 13.1 Å². The summed E-state index contributed by atoms with van der Waals surface area (Å²) in [6.45, 7) is 10.7. The third-order valence-corrected chi connectivity index (χ3v) is 3.44. The molecule has 1 rings (SSSR count). The van der Waals surface area contributed by atoms with Gasteiger partial charge in [-0.05, 0) is 41.5 Å². The number of ether oxygens (including phenoxy) is 1. The number of hydrogen-bond donors (Lipinski definition) is 1. The summed E-state index contributed by atoms with van der Waals surface area (Å²) in [6, 6.07) is 4.03. The molecule has 0 aliphatic rings. The van der Waals surface area contributed by atoms with Gasteiger partial charge in [-0.3, -0.25) is 4.79 Å². The van der Waals surface area contributed by atoms with Crippen LogP contribution in [-0.2, 0) is 14.9 Å². The standard InChI is InChI=1S/C16H25NO2/c1-10-7-12(16(3,4)5)8-11(2)15(10)13(17)9-14(18)19-6/h7-8,13H,9,17H2,1-6H3. The smallest absolute Gasteiger partial charge is 0.307 e. The van der Waals surface area contributed by atoms with E-state index in [2.05, 4.69) is 51.5 Å². The molecule has 1 atom stereocenters. The molecule has 2 N–H and O–H groups in total. The summed E-state index contributed by atoms with van der Waals surface area (Å²) in [6.07, 6.45) is 0.215. The summed E-state index contributed by atoms with van der Waals surface area (Å²) >= 11 is 0. The van der Waals surface area contributed by atoms with Gasteiger partial charge in [-0.2, -0.15) is 0 Å². The van der Waals surface area contributed by atoms with Crippen LogP contribution in [0.1, 0.15) is 55.5 Å². The Bertz CT molecular complexity index is 449. The van der Waals surface area contributed by atoms with E-state index in [1.165, 1.54) is 12.7 Å². The summed E-state index contributed by atoms with van der Waals surface area (Å²) in [4.78, 5) is 11.3. The third kappa shape index (κ3) is 3.80. The van der Waals surface area contributed by atoms with Crippen molar-refractivity contribution in [2.45, 2.75) is 52.5 Å². The number of carbonyl (C=O) groups is 1. The zero-order valence-corrected chi connectivity index (χ0v) is 12.8. The number of nitrogens with two attached hydrogens (primary N) is 1. The van der Waals surface area contributed by atoms with Crippen LogP contribution in [0, 0.1) is 13.8 Å². The van der Waals surface area contributed by atoms with Gasteiger partial charge in [-0.1, -0.05) is 32.9 Å². The molecule has 0 saturated carbocycles. The number of methoxy groups -OCH3 is 1. The van der Waals surface area contributed by atoms with Crippen LogP contribution in [0.3, 0.4) is 0 Å². The molecule has 0 aliphatic carbocycles. The number of benzene rings is 1. The Kier molecular flexibility index (Phi) is 4.75. The van der Waals surface area contributed by atoms with Crippen LogP contribution in [0.2, 0.25) is 0 Å². The summed E-state index contributed by atoms with van der Waals surface area (Å²) in [5.41, 5.74) is 10.9. The van der Waals surface area contributed by atoms with Crippen molar-refractivity contribution in [1.29, 1.82) is 0 Å². The van der Waals surface area contributed by atoms with Crippen molar-refractivity contribution in [3.8, 4) is 0 Å². The number of carbonyl (C=O) groups excluding carboxylic acids is 1. The molecular formula is C16H25NO2. The number of esters is 1. The summed E-state index contributed by atoms with van der Waals surface area (Å²) in [5.74, 6) is -0.272. The fourth-order valence-electron chi connectivity index (χ4n) is 2.36. The van der Waals surface area contributed by atoms with Gasteiger partial charge in [0, 0.05) is 6.04 Å². The minimum absolute atomic E-state index is 0.112. The number of hydrogen-bond acceptors (Lipinski definition) is 3. The average molecular weight is 263 g/mol. The number of aryl methyl sites for hydroxylation is 2. The van der Waals surface area contributed by atoms with E-state index in [0.29, 0.717) is 0 Å². The lowest BCUT2D eigenvalue weighted by Crippen LogP contribution is -2.20. The quantitative estimate of drug-likeness (QED) is 0.852. The normalized spacial score (nSPS) is 13.2. The van der Waals surface area contributed by atoms with Crippen molar-refractivity contribution in [3.63, 3.8) is 0 Å². The van der Waals surface area contributed by atoms with E-state index in [1.54, 1.807) is 0 Å². The van der Waals surface area contributed by atoms with Crippen LogP contribution in [0.4, 0.5) is 0 Å². The topological polar surface area (TPSA) is 52.3 Å². The van der Waals surface area contributed by atoms with E-state index >= 15 is 0 Å². The highest BCUT2D eigenvalue weighted by molar-refractivity contribution is 5.70. The van der Waals surface area contributed by atoms with Crippen molar-refractivity contribution in [2.75, 3.05) is 7.11 Å². The predicted molar refractivity (Wildman–Crippen MR) is 78.2 cm³/mol. The fraction of sp³-hybridized carbons (Fsp3) is 0.562. The maximum absolute atomic E-state index is 11.3. The van der Waals surface area contributed by atoms with Crippen LogP contribution in [0.25, 0.3) is 0 Å². The van der Waals surface area contributed by atoms with E-state index in [1.807, 2.05) is 0 Å². The maximum atomic E-state index is 11.3. The maximum Gasteiger partial charge on any atom is 0.307 e. The molecule has 1 aromatic rings. The molecule has 0 amide bonds. The SMILES string of the molecule is COC(=O)CC(N)c1c(C)cc(C(C)(C)C)cc1C. The van der Waals surface area contributed by atoms with Crippen LogP contribution in [0.5, 0.6) is 0 Å². The van der Waals surface area contributed by atoms with Gasteiger partial charge >= 0.3 is 5.97 Å². The van der Waals surface area contributed by atoms with Gasteiger partial charge in [0.15, 0.2) is 0 Å². The van der Waals surface area contributed by atoms with Gasteiger partial charge < -0.3 is 10.5 Å². The largest absolute Gasteiger partial charge is 0.469 e. The predicted octanol–water partition coefficient (Wildman–Crippen LogP) is 3.16. The molecule has 0 heterocycles. The second kappa shape index (κ2) is 5.74. The first-order valence-corrected chi connectivity index (χ1v) is 6.61. The Morgan fingerprint density at radius 2 is 1.74 bits per heavy atom. The molecule has 0 fully saturated rings. The first-order chi connectivity index (χ1) is 8.66. The highest BCUT2D eigenvalue weighted by Gasteiger charge is 2.20. The van der Waals surface area contributed by atoms with Gasteiger partial charge in [-0.25, -0.2) is 0 Å². The molecule has 106 valence electrons. The van der Waals surface area contributed by atoms with Gasteiger partial charge in [0.05, 0.1) is 13.5 Å². The highest BCUT2D eigenvalue weighted by Crippen LogP contribution is 2.30. The summed E-state index contributed by atoms with van der Waals surface area (Å²) < 4.78 is 4.68. The minimum atomic E-state index is -0.304. The molecule has 0 saturated heterocycles. The molecule has 3 nitrogen and oxygen atoms in total. The lowest BCUT2D eigenvalue weighted by atomic mass is 9.82. The van der Waals surface area contributed by atoms with Crippen molar-refractivity contribution in [1.82, 2.24) is 0 Å². The summed E-state index contributed by atoms with van der Waals surface area (Å²) in [7, 11) is 1.39. The van der Waals surface area contributed by atoms with Crippen molar-refractivity contribution >= 4 is 5.97 Å². The second-order valence-corrected chi connectivity index (χ2v) is 6.16. The van der Waals surface area contributed by atoms with Crippen molar-refractivity contribution in [3.05, 3.63) is 34.4 Å². The Balaban J connectivity index is 3.13. The minimum Gasteiger partial charge on any atom is -0.469 e. The van der Waals surface area contributed by atoms with Crippen molar-refractivity contribution in [2.24, 2.45) is 5.73 Å². The molecule has 0 radical (unpaired) electrons. The highest BCUT2D eigenvalue weighted by atomic mass is 16.5. The molecule has 0 bridgehead atoms. The van der Waals surface area contributed by atoms with E-state index in [9.17, 15) is 4.79 Å². The van der Waals surface area contributed by atoms with Gasteiger partial charge in [0.1, 0.15) is 0 Å².